The topological polar surface area (TPSA) is 78.5 Å². The molecule has 1 fully saturated rings. The molecule has 4 rings (SSSR count). The van der Waals surface area contributed by atoms with Gasteiger partial charge >= 0.3 is 0 Å². The average molecular weight is 490 g/mol. The van der Waals surface area contributed by atoms with Crippen LogP contribution in [0.1, 0.15) is 60.1 Å². The minimum absolute atomic E-state index is 0.0302. The van der Waals surface area contributed by atoms with E-state index in [0.29, 0.717) is 10.6 Å². The number of amides is 3. The van der Waals surface area contributed by atoms with E-state index < -0.39 is 6.04 Å². The third-order valence-electron chi connectivity index (χ3n) is 6.26. The largest absolute Gasteiger partial charge is 0.349 e. The minimum atomic E-state index is -0.454. The Bertz CT molecular complexity index is 1180. The van der Waals surface area contributed by atoms with E-state index in [2.05, 4.69) is 10.6 Å². The molecule has 1 aliphatic heterocycles. The van der Waals surface area contributed by atoms with Crippen LogP contribution in [0.15, 0.2) is 60.7 Å². The van der Waals surface area contributed by atoms with Crippen LogP contribution < -0.4 is 10.6 Å². The van der Waals surface area contributed by atoms with Crippen molar-refractivity contribution in [2.24, 2.45) is 0 Å². The summed E-state index contributed by atoms with van der Waals surface area (Å²) in [4.78, 5) is 41.5. The molecule has 0 saturated carbocycles. The Kier molecular flexibility index (Phi) is 7.98. The fraction of sp³-hybridized carbons (Fsp3) is 0.321. The van der Waals surface area contributed by atoms with Crippen LogP contribution in [0.25, 0.3) is 10.4 Å². The van der Waals surface area contributed by atoms with E-state index in [1.165, 1.54) is 18.3 Å². The molecule has 0 unspecified atom stereocenters. The molecular formula is C28H31N3O3S. The predicted octanol–water partition coefficient (Wildman–Crippen LogP) is 5.56. The van der Waals surface area contributed by atoms with Gasteiger partial charge in [-0.15, -0.1) is 11.3 Å². The lowest BCUT2D eigenvalue weighted by molar-refractivity contribution is -0.120. The normalized spacial score (nSPS) is 14.3. The number of hydrogen-bond acceptors (Lipinski definition) is 4. The van der Waals surface area contributed by atoms with Crippen LogP contribution in [-0.4, -0.2) is 35.7 Å². The predicted molar refractivity (Wildman–Crippen MR) is 140 cm³/mol. The van der Waals surface area contributed by atoms with Crippen molar-refractivity contribution >= 4 is 34.1 Å². The Hall–Kier alpha value is -3.45. The third kappa shape index (κ3) is 5.98. The molecule has 1 atom stereocenters. The van der Waals surface area contributed by atoms with Gasteiger partial charge in [0, 0.05) is 24.9 Å². The second-order valence-electron chi connectivity index (χ2n) is 8.90. The molecule has 0 bridgehead atoms. The molecule has 2 N–H and O–H groups in total. The molecular weight excluding hydrogens is 458 g/mol. The Labute approximate surface area is 210 Å². The molecule has 1 saturated heterocycles. The number of nitrogens with one attached hydrogen (secondary N) is 2. The highest BCUT2D eigenvalue weighted by Gasteiger charge is 2.28. The van der Waals surface area contributed by atoms with Gasteiger partial charge in [0.25, 0.3) is 5.91 Å². The molecule has 3 aromatic rings. The van der Waals surface area contributed by atoms with E-state index in [0.717, 1.165) is 53.9 Å². The number of carbonyl (C=O) groups excluding carboxylic acids is 3. The number of hydrogen-bond donors (Lipinski definition) is 2. The summed E-state index contributed by atoms with van der Waals surface area (Å²) in [5.41, 5.74) is 3.33. The van der Waals surface area contributed by atoms with E-state index in [9.17, 15) is 14.4 Å². The maximum absolute atomic E-state index is 13.6. The Morgan fingerprint density at radius 2 is 1.57 bits per heavy atom. The van der Waals surface area contributed by atoms with Gasteiger partial charge in [-0.3, -0.25) is 14.4 Å². The van der Waals surface area contributed by atoms with Gasteiger partial charge in [-0.1, -0.05) is 60.7 Å². The monoisotopic (exact) mass is 489 g/mol. The van der Waals surface area contributed by atoms with Crippen LogP contribution in [0.4, 0.5) is 5.00 Å². The molecule has 0 aliphatic carbocycles. The number of anilines is 1. The summed E-state index contributed by atoms with van der Waals surface area (Å²) in [7, 11) is 0. The van der Waals surface area contributed by atoms with Crippen LogP contribution >= 0.6 is 11.3 Å². The molecule has 1 aromatic heterocycles. The van der Waals surface area contributed by atoms with Crippen molar-refractivity contribution in [1.29, 1.82) is 0 Å². The number of benzene rings is 2. The first-order valence-corrected chi connectivity index (χ1v) is 12.9. The van der Waals surface area contributed by atoms with Crippen molar-refractivity contribution in [2.75, 3.05) is 18.4 Å². The van der Waals surface area contributed by atoms with Gasteiger partial charge < -0.3 is 15.5 Å². The van der Waals surface area contributed by atoms with Crippen molar-refractivity contribution in [2.45, 2.75) is 45.6 Å². The van der Waals surface area contributed by atoms with Gasteiger partial charge in [0.2, 0.25) is 11.8 Å². The lowest BCUT2D eigenvalue weighted by atomic mass is 10.0. The smallest absolute Gasteiger partial charge is 0.257 e. The average Bonchev–Trinajstić information content (AvgIpc) is 3.19. The first-order chi connectivity index (χ1) is 16.9. The van der Waals surface area contributed by atoms with Crippen LogP contribution in [-0.2, 0) is 9.59 Å². The van der Waals surface area contributed by atoms with E-state index in [-0.39, 0.29) is 24.1 Å². The summed E-state index contributed by atoms with van der Waals surface area (Å²) in [6.45, 7) is 4.87. The molecule has 182 valence electrons. The van der Waals surface area contributed by atoms with E-state index >= 15 is 0 Å². The molecule has 35 heavy (non-hydrogen) atoms. The number of nitrogens with zero attached hydrogens (tertiary/aromatic N) is 1. The second kappa shape index (κ2) is 11.3. The van der Waals surface area contributed by atoms with E-state index in [1.807, 2.05) is 72.5 Å². The molecule has 3 amide bonds. The molecule has 2 heterocycles. The number of thiophene rings is 1. The van der Waals surface area contributed by atoms with Crippen LogP contribution in [0.5, 0.6) is 0 Å². The summed E-state index contributed by atoms with van der Waals surface area (Å²) in [5.74, 6) is -0.482. The van der Waals surface area contributed by atoms with Gasteiger partial charge in [0.05, 0.1) is 18.0 Å². The maximum Gasteiger partial charge on any atom is 0.257 e. The van der Waals surface area contributed by atoms with Crippen LogP contribution in [0, 0.1) is 6.92 Å². The summed E-state index contributed by atoms with van der Waals surface area (Å²) in [6.07, 6.45) is 3.20. The second-order valence-corrected chi connectivity index (χ2v) is 9.92. The molecule has 2 aromatic carbocycles. The molecule has 0 spiro atoms. The summed E-state index contributed by atoms with van der Waals surface area (Å²) >= 11 is 1.43. The first-order valence-electron chi connectivity index (χ1n) is 12.0. The minimum Gasteiger partial charge on any atom is -0.349 e. The third-order valence-corrected chi connectivity index (χ3v) is 7.52. The quantitative estimate of drug-likeness (QED) is 0.456. The van der Waals surface area contributed by atoms with Crippen molar-refractivity contribution in [3.8, 4) is 10.4 Å². The zero-order valence-electron chi connectivity index (χ0n) is 20.2. The fourth-order valence-electron chi connectivity index (χ4n) is 4.53. The van der Waals surface area contributed by atoms with E-state index in [4.69, 9.17) is 0 Å². The molecule has 0 radical (unpaired) electrons. The van der Waals surface area contributed by atoms with Crippen LogP contribution in [0.2, 0.25) is 0 Å². The van der Waals surface area contributed by atoms with Crippen molar-refractivity contribution in [3.63, 3.8) is 0 Å². The van der Waals surface area contributed by atoms with Crippen molar-refractivity contribution in [3.05, 3.63) is 77.4 Å². The summed E-state index contributed by atoms with van der Waals surface area (Å²) < 4.78 is 0. The van der Waals surface area contributed by atoms with Gasteiger partial charge in [-0.25, -0.2) is 0 Å². The van der Waals surface area contributed by atoms with E-state index in [1.54, 1.807) is 0 Å². The summed E-state index contributed by atoms with van der Waals surface area (Å²) in [5, 5.41) is 6.45. The Morgan fingerprint density at radius 1 is 0.943 bits per heavy atom. The zero-order chi connectivity index (χ0) is 24.8. The first kappa shape index (κ1) is 24.7. The SMILES string of the molecule is CC(=O)N[C@@H](CC(=O)Nc1sc(-c2ccccc2)c(C)c1C(=O)N1CCCCC1)c1ccccc1. The van der Waals surface area contributed by atoms with Gasteiger partial charge in [-0.2, -0.15) is 0 Å². The highest BCUT2D eigenvalue weighted by molar-refractivity contribution is 7.20. The number of piperidine rings is 1. The highest BCUT2D eigenvalue weighted by atomic mass is 32.1. The molecule has 6 nitrogen and oxygen atoms in total. The molecule has 1 aliphatic rings. The highest BCUT2D eigenvalue weighted by Crippen LogP contribution is 2.41. The standard InChI is InChI=1S/C28H31N3O3S/c1-19-25(28(34)31-16-10-5-11-17-31)27(35-26(19)22-14-8-4-9-15-22)30-24(33)18-23(29-20(2)32)21-12-6-3-7-13-21/h3-4,6-9,12-15,23H,5,10-11,16-18H2,1-2H3,(H,29,32)(H,30,33)/t23-/m0/s1. The van der Waals surface area contributed by atoms with Gasteiger partial charge in [-0.05, 0) is 42.9 Å². The van der Waals surface area contributed by atoms with Crippen molar-refractivity contribution < 1.29 is 14.4 Å². The number of likely N-dealkylation sites (tertiary alicyclic amines) is 1. The van der Waals surface area contributed by atoms with Gasteiger partial charge in [0.1, 0.15) is 5.00 Å². The van der Waals surface area contributed by atoms with Crippen LogP contribution in [0.3, 0.4) is 0 Å². The number of carbonyl (C=O) groups is 3. The number of rotatable bonds is 7. The Balaban J connectivity index is 1.63. The lowest BCUT2D eigenvalue weighted by Gasteiger charge is -2.27. The summed E-state index contributed by atoms with van der Waals surface area (Å²) in [6, 6.07) is 18.9. The zero-order valence-corrected chi connectivity index (χ0v) is 21.0. The van der Waals surface area contributed by atoms with Crippen molar-refractivity contribution in [1.82, 2.24) is 10.2 Å². The van der Waals surface area contributed by atoms with Gasteiger partial charge in [0.15, 0.2) is 0 Å². The fourth-order valence-corrected chi connectivity index (χ4v) is 5.75. The molecule has 7 heteroatoms. The Morgan fingerprint density at radius 3 is 2.20 bits per heavy atom. The lowest BCUT2D eigenvalue weighted by Crippen LogP contribution is -2.36. The maximum atomic E-state index is 13.6.